The van der Waals surface area contributed by atoms with Crippen molar-refractivity contribution in [1.29, 1.82) is 0 Å². The molecule has 0 unspecified atom stereocenters. The van der Waals surface area contributed by atoms with Crippen molar-refractivity contribution < 1.29 is 33.2 Å². The zero-order valence-electron chi connectivity index (χ0n) is 28.3. The van der Waals surface area contributed by atoms with Crippen LogP contribution in [0.1, 0.15) is 52.8 Å². The number of pyridine rings is 1. The summed E-state index contributed by atoms with van der Waals surface area (Å²) in [6.07, 6.45) is 4.42. The van der Waals surface area contributed by atoms with Gasteiger partial charge in [0, 0.05) is 35.5 Å². The van der Waals surface area contributed by atoms with Crippen molar-refractivity contribution in [3.63, 3.8) is 0 Å². The normalized spacial score (nSPS) is 10.4. The van der Waals surface area contributed by atoms with E-state index in [0.717, 1.165) is 50.6 Å². The van der Waals surface area contributed by atoms with E-state index >= 15 is 0 Å². The Labute approximate surface area is 287 Å². The molecule has 0 amide bonds. The number of hydrogen-bond acceptors (Lipinski definition) is 9. The lowest BCUT2D eigenvalue weighted by molar-refractivity contribution is 0.287. The highest BCUT2D eigenvalue weighted by atomic mass is 35.5. The molecule has 0 saturated carbocycles. The minimum atomic E-state index is -0.427. The summed E-state index contributed by atoms with van der Waals surface area (Å²) in [7, 11) is 0. The quantitative estimate of drug-likeness (QED) is 0.0967. The summed E-state index contributed by atoms with van der Waals surface area (Å²) >= 11 is 0. The average Bonchev–Trinajstić information content (AvgIpc) is 3.04. The highest BCUT2D eigenvalue weighted by molar-refractivity contribution is 5.88. The summed E-state index contributed by atoms with van der Waals surface area (Å²) in [6.45, 7) is 14.5. The van der Waals surface area contributed by atoms with Gasteiger partial charge < -0.3 is 33.2 Å². The lowest BCUT2D eigenvalue weighted by Gasteiger charge is -2.15. The molecule has 48 heavy (non-hydrogen) atoms. The van der Waals surface area contributed by atoms with E-state index in [1.165, 1.54) is 18.2 Å². The third-order valence-corrected chi connectivity index (χ3v) is 6.92. The van der Waals surface area contributed by atoms with Gasteiger partial charge in [0.2, 0.25) is 0 Å². The topological polar surface area (TPSA) is 109 Å². The molecule has 2 heterocycles. The van der Waals surface area contributed by atoms with Gasteiger partial charge in [-0.1, -0.05) is 11.6 Å². The lowest BCUT2D eigenvalue weighted by Crippen LogP contribution is -2.01. The summed E-state index contributed by atoms with van der Waals surface area (Å²) in [6, 6.07) is 18.1. The molecule has 0 atom stereocenters. The van der Waals surface area contributed by atoms with Gasteiger partial charge in [-0.15, -0.1) is 12.4 Å². The van der Waals surface area contributed by atoms with E-state index in [9.17, 15) is 9.90 Å². The fraction of sp³-hybridized carbons (Fsp3) is 0.316. The molecule has 0 saturated heterocycles. The van der Waals surface area contributed by atoms with Crippen LogP contribution in [0.25, 0.3) is 21.7 Å². The van der Waals surface area contributed by atoms with E-state index < -0.39 is 5.63 Å². The van der Waals surface area contributed by atoms with Crippen LogP contribution < -0.4 is 29.3 Å². The number of ether oxygens (including phenoxy) is 5. The van der Waals surface area contributed by atoms with Crippen molar-refractivity contribution in [3.8, 4) is 34.5 Å². The standard InChI is InChI=1S/C24H29NO4.C14H14O4.ClH/c1-5-26-21-10-9-17(14-22(21)27-6-2)13-20-19-16-24(29-8-4)23(28-7-3)15-18(19)11-12-25-20;1-9(2)5-6-17-13-8-12-10(7-11(13)15)3-4-14(16)18-12;/h9-12,14-16H,5-8,13H2,1-4H3;3-5,7-8,15H,6H2,1-2H3;1H. The molecule has 0 fully saturated rings. The summed E-state index contributed by atoms with van der Waals surface area (Å²) < 4.78 is 33.4. The van der Waals surface area contributed by atoms with Crippen molar-refractivity contribution in [2.45, 2.75) is 48.0 Å². The minimum absolute atomic E-state index is 0. The van der Waals surface area contributed by atoms with Crippen LogP contribution in [-0.2, 0) is 6.42 Å². The van der Waals surface area contributed by atoms with Crippen LogP contribution in [0.5, 0.6) is 34.5 Å². The highest BCUT2D eigenvalue weighted by Gasteiger charge is 2.13. The Hall–Kier alpha value is -4.89. The predicted molar refractivity (Wildman–Crippen MR) is 192 cm³/mol. The lowest BCUT2D eigenvalue weighted by atomic mass is 10.0. The van der Waals surface area contributed by atoms with Crippen molar-refractivity contribution in [2.24, 2.45) is 0 Å². The number of halogens is 1. The van der Waals surface area contributed by atoms with E-state index in [2.05, 4.69) is 11.1 Å². The third-order valence-electron chi connectivity index (χ3n) is 6.92. The molecule has 5 rings (SSSR count). The van der Waals surface area contributed by atoms with Gasteiger partial charge in [-0.25, -0.2) is 4.79 Å². The van der Waals surface area contributed by atoms with Crippen molar-refractivity contribution >= 4 is 34.1 Å². The number of benzene rings is 3. The molecule has 10 heteroatoms. The summed E-state index contributed by atoms with van der Waals surface area (Å²) in [5, 5.41) is 12.6. The molecule has 0 spiro atoms. The largest absolute Gasteiger partial charge is 0.504 e. The first-order valence-corrected chi connectivity index (χ1v) is 15.8. The smallest absolute Gasteiger partial charge is 0.336 e. The molecule has 1 N–H and O–H groups in total. The minimum Gasteiger partial charge on any atom is -0.504 e. The zero-order valence-corrected chi connectivity index (χ0v) is 29.1. The van der Waals surface area contributed by atoms with Crippen LogP contribution in [0, 0.1) is 0 Å². The number of fused-ring (bicyclic) bond motifs is 2. The molecular weight excluding hydrogens is 634 g/mol. The maximum atomic E-state index is 11.1. The molecular formula is C38H44ClNO8. The Morgan fingerprint density at radius 1 is 0.729 bits per heavy atom. The van der Waals surface area contributed by atoms with Gasteiger partial charge in [-0.3, -0.25) is 4.98 Å². The molecule has 0 radical (unpaired) electrons. The molecule has 0 aliphatic carbocycles. The highest BCUT2D eigenvalue weighted by Crippen LogP contribution is 2.35. The molecule has 9 nitrogen and oxygen atoms in total. The van der Waals surface area contributed by atoms with Crippen LogP contribution >= 0.6 is 12.4 Å². The van der Waals surface area contributed by atoms with E-state index in [0.29, 0.717) is 56.2 Å². The first-order valence-electron chi connectivity index (χ1n) is 15.8. The Kier molecular flexibility index (Phi) is 14.4. The molecule has 0 bridgehead atoms. The molecule has 2 aromatic heterocycles. The second-order valence-electron chi connectivity index (χ2n) is 10.7. The maximum Gasteiger partial charge on any atom is 0.336 e. The number of phenols is 1. The fourth-order valence-electron chi connectivity index (χ4n) is 4.82. The summed E-state index contributed by atoms with van der Waals surface area (Å²) in [4.78, 5) is 15.7. The Balaban J connectivity index is 0.000000283. The predicted octanol–water partition coefficient (Wildman–Crippen LogP) is 8.69. The Morgan fingerprint density at radius 2 is 1.38 bits per heavy atom. The number of aromatic hydroxyl groups is 1. The second kappa shape index (κ2) is 18.4. The average molecular weight is 678 g/mol. The third kappa shape index (κ3) is 10.1. The van der Waals surface area contributed by atoms with Gasteiger partial charge >= 0.3 is 5.63 Å². The van der Waals surface area contributed by atoms with Crippen molar-refractivity contribution in [2.75, 3.05) is 33.0 Å². The van der Waals surface area contributed by atoms with Crippen LogP contribution in [0.3, 0.4) is 0 Å². The summed E-state index contributed by atoms with van der Waals surface area (Å²) in [5.74, 6) is 3.37. The van der Waals surface area contributed by atoms with Crippen LogP contribution in [0.4, 0.5) is 0 Å². The van der Waals surface area contributed by atoms with Crippen molar-refractivity contribution in [3.05, 3.63) is 100 Å². The molecule has 0 aliphatic heterocycles. The maximum absolute atomic E-state index is 11.1. The number of rotatable bonds is 13. The van der Waals surface area contributed by atoms with Crippen LogP contribution in [0.2, 0.25) is 0 Å². The zero-order chi connectivity index (χ0) is 33.8. The van der Waals surface area contributed by atoms with Gasteiger partial charge in [-0.05, 0) is 101 Å². The number of phenolic OH excluding ortho intramolecular Hbond substituents is 1. The molecule has 256 valence electrons. The van der Waals surface area contributed by atoms with E-state index in [1.54, 1.807) is 6.07 Å². The van der Waals surface area contributed by atoms with Gasteiger partial charge in [0.15, 0.2) is 34.5 Å². The Morgan fingerprint density at radius 3 is 2.04 bits per heavy atom. The monoisotopic (exact) mass is 677 g/mol. The summed E-state index contributed by atoms with van der Waals surface area (Å²) in [5.41, 5.74) is 3.19. The number of aromatic nitrogens is 1. The van der Waals surface area contributed by atoms with Gasteiger partial charge in [0.25, 0.3) is 0 Å². The van der Waals surface area contributed by atoms with Crippen molar-refractivity contribution in [1.82, 2.24) is 4.98 Å². The van der Waals surface area contributed by atoms with Gasteiger partial charge in [-0.2, -0.15) is 0 Å². The first kappa shape index (κ1) is 37.6. The molecule has 0 aliphatic rings. The van der Waals surface area contributed by atoms with Crippen LogP contribution in [-0.4, -0.2) is 43.1 Å². The number of nitrogens with zero attached hydrogens (tertiary/aromatic N) is 1. The number of hydrogen-bond donors (Lipinski definition) is 1. The second-order valence-corrected chi connectivity index (χ2v) is 10.7. The van der Waals surface area contributed by atoms with Gasteiger partial charge in [0.1, 0.15) is 12.2 Å². The van der Waals surface area contributed by atoms with E-state index in [-0.39, 0.29) is 18.2 Å². The van der Waals surface area contributed by atoms with E-state index in [4.69, 9.17) is 28.1 Å². The Bertz CT molecular complexity index is 1880. The SMILES string of the molecule is CC(C)=CCOc1cc2oc(=O)ccc2cc1O.CCOc1ccc(Cc2nccc3cc(OCC)c(OCC)cc23)cc1OCC.Cl. The molecule has 3 aromatic carbocycles. The van der Waals surface area contributed by atoms with E-state index in [1.807, 2.05) is 84.1 Å². The number of allylic oxidation sites excluding steroid dienone is 1. The molecule has 5 aromatic rings. The fourth-order valence-corrected chi connectivity index (χ4v) is 4.82. The van der Waals surface area contributed by atoms with Gasteiger partial charge in [0.05, 0.1) is 32.1 Å². The van der Waals surface area contributed by atoms with Crippen LogP contribution in [0.15, 0.2) is 87.7 Å². The first-order chi connectivity index (χ1) is 22.8.